The molecule has 0 radical (unpaired) electrons. The molecule has 0 aliphatic heterocycles. The van der Waals surface area contributed by atoms with Crippen LogP contribution in [-0.4, -0.2) is 31.7 Å². The van der Waals surface area contributed by atoms with E-state index in [9.17, 15) is 14.4 Å². The van der Waals surface area contributed by atoms with E-state index in [4.69, 9.17) is 16.3 Å². The summed E-state index contributed by atoms with van der Waals surface area (Å²) >= 11 is 5.98. The van der Waals surface area contributed by atoms with E-state index in [1.165, 1.54) is 4.57 Å². The van der Waals surface area contributed by atoms with Gasteiger partial charge >= 0.3 is 11.7 Å². The maximum absolute atomic E-state index is 13.1. The highest BCUT2D eigenvalue weighted by Crippen LogP contribution is 2.19. The highest BCUT2D eigenvalue weighted by Gasteiger charge is 2.22. The number of nitrogens with zero attached hydrogens (tertiary/aromatic N) is 3. The van der Waals surface area contributed by atoms with Crippen LogP contribution < -0.4 is 5.69 Å². The van der Waals surface area contributed by atoms with Crippen molar-refractivity contribution >= 4 is 23.4 Å². The van der Waals surface area contributed by atoms with E-state index >= 15 is 0 Å². The van der Waals surface area contributed by atoms with Crippen LogP contribution in [0.15, 0.2) is 53.3 Å². The molecule has 174 valence electrons. The Balaban J connectivity index is 1.84. The van der Waals surface area contributed by atoms with Crippen LogP contribution in [0.3, 0.4) is 0 Å². The highest BCUT2D eigenvalue weighted by molar-refractivity contribution is 6.30. The minimum atomic E-state index is -0.692. The summed E-state index contributed by atoms with van der Waals surface area (Å²) < 4.78 is 7.70. The van der Waals surface area contributed by atoms with Gasteiger partial charge in [0.1, 0.15) is 18.7 Å². The van der Waals surface area contributed by atoms with Crippen LogP contribution >= 0.6 is 11.6 Å². The predicted molar refractivity (Wildman–Crippen MR) is 127 cm³/mol. The third kappa shape index (κ3) is 6.89. The van der Waals surface area contributed by atoms with Gasteiger partial charge in [-0.15, -0.1) is 5.10 Å². The number of halogens is 1. The van der Waals surface area contributed by atoms with Gasteiger partial charge in [-0.2, -0.15) is 0 Å². The second kappa shape index (κ2) is 10.2. The van der Waals surface area contributed by atoms with Crippen LogP contribution in [0.5, 0.6) is 0 Å². The Morgan fingerprint density at radius 3 is 2.39 bits per heavy atom. The molecule has 7 nitrogen and oxygen atoms in total. The van der Waals surface area contributed by atoms with Crippen LogP contribution in [0.1, 0.15) is 38.3 Å². The SMILES string of the molecule is Cc1cccc(CCC(=O)Cn2nc(-c3ccc(Cl)cc3)n(CC(=O)OC(C)(C)C)c2=O)c1. The number of Topliss-reactive ketones (excluding diaryl/α,β-unsaturated/α-hetero) is 1. The number of hydrogen-bond donors (Lipinski definition) is 0. The van der Waals surface area contributed by atoms with E-state index in [1.807, 2.05) is 31.2 Å². The number of esters is 1. The van der Waals surface area contributed by atoms with Crippen molar-refractivity contribution in [3.8, 4) is 11.4 Å². The Kier molecular flexibility index (Phi) is 7.53. The maximum Gasteiger partial charge on any atom is 0.347 e. The first-order chi connectivity index (χ1) is 15.5. The van der Waals surface area contributed by atoms with Crippen molar-refractivity contribution in [3.05, 3.63) is 75.2 Å². The molecule has 0 aliphatic carbocycles. The normalized spacial score (nSPS) is 11.4. The first-order valence-electron chi connectivity index (χ1n) is 10.7. The molecule has 0 saturated carbocycles. The number of hydrogen-bond acceptors (Lipinski definition) is 5. The minimum absolute atomic E-state index is 0.122. The van der Waals surface area contributed by atoms with E-state index in [0.717, 1.165) is 15.8 Å². The molecule has 33 heavy (non-hydrogen) atoms. The Morgan fingerprint density at radius 1 is 1.06 bits per heavy atom. The largest absolute Gasteiger partial charge is 0.459 e. The van der Waals surface area contributed by atoms with Crippen molar-refractivity contribution in [1.29, 1.82) is 0 Å². The summed E-state index contributed by atoms with van der Waals surface area (Å²) in [6.07, 6.45) is 0.864. The highest BCUT2D eigenvalue weighted by atomic mass is 35.5. The second-order valence-electron chi connectivity index (χ2n) is 8.97. The molecule has 2 aromatic carbocycles. The average Bonchev–Trinajstić information content (AvgIpc) is 3.01. The lowest BCUT2D eigenvalue weighted by Gasteiger charge is -2.19. The number of ketones is 1. The Labute approximate surface area is 197 Å². The summed E-state index contributed by atoms with van der Waals surface area (Å²) in [4.78, 5) is 38.1. The third-order valence-corrected chi connectivity index (χ3v) is 5.09. The fourth-order valence-corrected chi connectivity index (χ4v) is 3.53. The first-order valence-corrected chi connectivity index (χ1v) is 11.1. The number of aryl methyl sites for hydroxylation is 2. The number of ether oxygens (including phenoxy) is 1. The third-order valence-electron chi connectivity index (χ3n) is 4.83. The van der Waals surface area contributed by atoms with Crippen molar-refractivity contribution in [2.24, 2.45) is 0 Å². The summed E-state index contributed by atoms with van der Waals surface area (Å²) in [5.41, 5.74) is 1.56. The summed E-state index contributed by atoms with van der Waals surface area (Å²) in [6, 6.07) is 14.7. The fraction of sp³-hybridized carbons (Fsp3) is 0.360. The van der Waals surface area contributed by atoms with Crippen LogP contribution in [0.2, 0.25) is 5.02 Å². The molecule has 0 spiro atoms. The monoisotopic (exact) mass is 469 g/mol. The van der Waals surface area contributed by atoms with Gasteiger partial charge in [-0.05, 0) is 63.9 Å². The topological polar surface area (TPSA) is 83.2 Å². The number of benzene rings is 2. The molecule has 1 aromatic heterocycles. The van der Waals surface area contributed by atoms with Gasteiger partial charge in [-0.1, -0.05) is 41.4 Å². The van der Waals surface area contributed by atoms with E-state index in [1.54, 1.807) is 45.0 Å². The zero-order valence-electron chi connectivity index (χ0n) is 19.3. The smallest absolute Gasteiger partial charge is 0.347 e. The number of carbonyl (C=O) groups is 2. The zero-order valence-corrected chi connectivity index (χ0v) is 20.1. The van der Waals surface area contributed by atoms with Gasteiger partial charge in [0.25, 0.3) is 0 Å². The van der Waals surface area contributed by atoms with Gasteiger partial charge < -0.3 is 4.74 Å². The van der Waals surface area contributed by atoms with Gasteiger partial charge in [0, 0.05) is 17.0 Å². The molecule has 0 bridgehead atoms. The summed E-state index contributed by atoms with van der Waals surface area (Å²) in [7, 11) is 0. The molecule has 0 unspecified atom stereocenters. The Morgan fingerprint density at radius 2 is 1.76 bits per heavy atom. The molecular weight excluding hydrogens is 442 g/mol. The van der Waals surface area contributed by atoms with Crippen molar-refractivity contribution < 1.29 is 14.3 Å². The standard InChI is InChI=1S/C25H28ClN3O4/c1-17-6-5-7-18(14-17)8-13-21(30)15-29-24(32)28(16-22(31)33-25(2,3)4)23(27-29)19-9-11-20(26)12-10-19/h5-7,9-12,14H,8,13,15-16H2,1-4H3. The van der Waals surface area contributed by atoms with Gasteiger partial charge in [-0.25, -0.2) is 9.48 Å². The quantitative estimate of drug-likeness (QED) is 0.461. The molecule has 0 atom stereocenters. The molecule has 0 N–H and O–H groups in total. The summed E-state index contributed by atoms with van der Waals surface area (Å²) in [6.45, 7) is 6.77. The van der Waals surface area contributed by atoms with Crippen LogP contribution in [0.4, 0.5) is 0 Å². The van der Waals surface area contributed by atoms with Crippen LogP contribution in [0, 0.1) is 6.92 Å². The molecule has 8 heteroatoms. The lowest BCUT2D eigenvalue weighted by molar-refractivity contribution is -0.155. The van der Waals surface area contributed by atoms with E-state index in [0.29, 0.717) is 17.0 Å². The summed E-state index contributed by atoms with van der Waals surface area (Å²) in [5.74, 6) is -0.415. The van der Waals surface area contributed by atoms with Gasteiger partial charge in [0.05, 0.1) is 0 Å². The number of carbonyl (C=O) groups excluding carboxylic acids is 2. The maximum atomic E-state index is 13.1. The Bertz CT molecular complexity index is 1200. The fourth-order valence-electron chi connectivity index (χ4n) is 3.40. The lowest BCUT2D eigenvalue weighted by atomic mass is 10.1. The molecule has 0 aliphatic rings. The van der Waals surface area contributed by atoms with Gasteiger partial charge in [0.15, 0.2) is 11.6 Å². The molecule has 0 saturated heterocycles. The number of aromatic nitrogens is 3. The van der Waals surface area contributed by atoms with Crippen molar-refractivity contribution in [2.45, 2.75) is 59.2 Å². The molecule has 0 amide bonds. The van der Waals surface area contributed by atoms with Crippen molar-refractivity contribution in [3.63, 3.8) is 0 Å². The van der Waals surface area contributed by atoms with Crippen molar-refractivity contribution in [1.82, 2.24) is 14.3 Å². The first kappa shape index (κ1) is 24.5. The molecule has 3 aromatic rings. The summed E-state index contributed by atoms with van der Waals surface area (Å²) in [5, 5.41) is 4.90. The number of rotatable bonds is 8. The van der Waals surface area contributed by atoms with E-state index < -0.39 is 17.3 Å². The Hall–Kier alpha value is -3.19. The zero-order chi connectivity index (χ0) is 24.2. The second-order valence-corrected chi connectivity index (χ2v) is 9.41. The lowest BCUT2D eigenvalue weighted by Crippen LogP contribution is -2.32. The molecular formula is C25H28ClN3O4. The molecule has 1 heterocycles. The van der Waals surface area contributed by atoms with E-state index in [2.05, 4.69) is 5.10 Å². The predicted octanol–water partition coefficient (Wildman–Crippen LogP) is 4.22. The van der Waals surface area contributed by atoms with Gasteiger partial charge in [0.2, 0.25) is 0 Å². The average molecular weight is 470 g/mol. The van der Waals surface area contributed by atoms with E-state index in [-0.39, 0.29) is 31.1 Å². The van der Waals surface area contributed by atoms with Crippen LogP contribution in [0.25, 0.3) is 11.4 Å². The molecule has 0 fully saturated rings. The van der Waals surface area contributed by atoms with Crippen molar-refractivity contribution in [2.75, 3.05) is 0 Å². The van der Waals surface area contributed by atoms with Crippen LogP contribution in [-0.2, 0) is 33.8 Å². The minimum Gasteiger partial charge on any atom is -0.459 e. The molecule has 3 rings (SSSR count). The van der Waals surface area contributed by atoms with Gasteiger partial charge in [-0.3, -0.25) is 14.2 Å².